The van der Waals surface area contributed by atoms with Crippen LogP contribution in [0.2, 0.25) is 0 Å². The second-order valence-electron chi connectivity index (χ2n) is 6.04. The van der Waals surface area contributed by atoms with Gasteiger partial charge in [0, 0.05) is 30.8 Å². The third kappa shape index (κ3) is 5.67. The molecule has 2 rings (SSSR count). The van der Waals surface area contributed by atoms with Crippen molar-refractivity contribution in [3.63, 3.8) is 0 Å². The minimum absolute atomic E-state index is 0.0706. The summed E-state index contributed by atoms with van der Waals surface area (Å²) in [5.41, 5.74) is 1.10. The van der Waals surface area contributed by atoms with Crippen LogP contribution in [0.4, 0.5) is 5.69 Å². The molecule has 8 heteroatoms. The number of nitrogens with one attached hydrogen (secondary N) is 2. The monoisotopic (exact) mass is 373 g/mol. The molecule has 1 saturated heterocycles. The maximum Gasteiger partial charge on any atom is 0.326 e. The van der Waals surface area contributed by atoms with E-state index in [2.05, 4.69) is 17.2 Å². The van der Waals surface area contributed by atoms with Crippen molar-refractivity contribution in [1.82, 2.24) is 10.6 Å². The van der Waals surface area contributed by atoms with Crippen molar-refractivity contribution in [3.8, 4) is 0 Å². The SMILES string of the molecule is C=CCNC(=O)[C@H](C)OC(=O)CNC(=O)c1ccc(N2CCCC2=O)cc1. The molecule has 0 unspecified atom stereocenters. The van der Waals surface area contributed by atoms with E-state index in [9.17, 15) is 19.2 Å². The molecule has 27 heavy (non-hydrogen) atoms. The molecule has 1 fully saturated rings. The number of carbonyl (C=O) groups excluding carboxylic acids is 4. The Morgan fingerprint density at radius 3 is 2.56 bits per heavy atom. The van der Waals surface area contributed by atoms with Crippen molar-refractivity contribution >= 4 is 29.4 Å². The van der Waals surface area contributed by atoms with Gasteiger partial charge in [0.2, 0.25) is 5.91 Å². The molecule has 1 atom stereocenters. The van der Waals surface area contributed by atoms with E-state index in [1.54, 1.807) is 29.2 Å². The zero-order valence-corrected chi connectivity index (χ0v) is 15.2. The lowest BCUT2D eigenvalue weighted by molar-refractivity contribution is -0.153. The fraction of sp³-hybridized carbons (Fsp3) is 0.368. The molecule has 0 spiro atoms. The Balaban J connectivity index is 1.81. The average Bonchev–Trinajstić information content (AvgIpc) is 3.10. The summed E-state index contributed by atoms with van der Waals surface area (Å²) in [6.07, 6.45) is 1.91. The number of ether oxygens (including phenoxy) is 1. The normalized spacial score (nSPS) is 14.4. The molecule has 1 aromatic carbocycles. The Morgan fingerprint density at radius 1 is 1.26 bits per heavy atom. The highest BCUT2D eigenvalue weighted by Crippen LogP contribution is 2.21. The lowest BCUT2D eigenvalue weighted by Gasteiger charge is -2.16. The first-order chi connectivity index (χ1) is 12.9. The molecule has 0 bridgehead atoms. The molecule has 8 nitrogen and oxygen atoms in total. The van der Waals surface area contributed by atoms with Crippen molar-refractivity contribution in [2.45, 2.75) is 25.9 Å². The van der Waals surface area contributed by atoms with Gasteiger partial charge in [0.05, 0.1) is 0 Å². The largest absolute Gasteiger partial charge is 0.451 e. The molecular formula is C19H23N3O5. The number of nitrogens with zero attached hydrogens (tertiary/aromatic N) is 1. The number of hydrogen-bond donors (Lipinski definition) is 2. The van der Waals surface area contributed by atoms with Gasteiger partial charge < -0.3 is 20.3 Å². The summed E-state index contributed by atoms with van der Waals surface area (Å²) in [6, 6.07) is 6.57. The number of amides is 3. The van der Waals surface area contributed by atoms with Crippen LogP contribution in [0.15, 0.2) is 36.9 Å². The van der Waals surface area contributed by atoms with E-state index < -0.39 is 23.9 Å². The topological polar surface area (TPSA) is 105 Å². The summed E-state index contributed by atoms with van der Waals surface area (Å²) in [6.45, 7) is 5.51. The van der Waals surface area contributed by atoms with Crippen molar-refractivity contribution in [1.29, 1.82) is 0 Å². The molecule has 3 amide bonds. The van der Waals surface area contributed by atoms with Gasteiger partial charge in [-0.1, -0.05) is 6.08 Å². The first kappa shape index (κ1) is 20.2. The van der Waals surface area contributed by atoms with Gasteiger partial charge >= 0.3 is 5.97 Å². The number of benzene rings is 1. The molecule has 1 aliphatic heterocycles. The number of anilines is 1. The van der Waals surface area contributed by atoms with Crippen LogP contribution in [0.5, 0.6) is 0 Å². The molecule has 144 valence electrons. The quantitative estimate of drug-likeness (QED) is 0.517. The van der Waals surface area contributed by atoms with E-state index in [0.717, 1.165) is 12.1 Å². The molecule has 1 aliphatic rings. The number of esters is 1. The highest BCUT2D eigenvalue weighted by Gasteiger charge is 2.22. The van der Waals surface area contributed by atoms with Crippen LogP contribution in [0.3, 0.4) is 0 Å². The predicted octanol–water partition coefficient (Wildman–Crippen LogP) is 0.777. The Kier molecular flexibility index (Phi) is 7.10. The van der Waals surface area contributed by atoms with E-state index in [0.29, 0.717) is 18.5 Å². The summed E-state index contributed by atoms with van der Waals surface area (Å²) in [5.74, 6) is -1.54. The average molecular weight is 373 g/mol. The minimum atomic E-state index is -0.966. The zero-order valence-electron chi connectivity index (χ0n) is 15.2. The highest BCUT2D eigenvalue weighted by molar-refractivity contribution is 5.98. The van der Waals surface area contributed by atoms with E-state index in [1.807, 2.05) is 0 Å². The molecule has 1 heterocycles. The van der Waals surface area contributed by atoms with Gasteiger partial charge in [0.25, 0.3) is 11.8 Å². The molecule has 0 radical (unpaired) electrons. The van der Waals surface area contributed by atoms with Crippen molar-refractivity contribution in [3.05, 3.63) is 42.5 Å². The summed E-state index contributed by atoms with van der Waals surface area (Å²) < 4.78 is 4.95. The third-order valence-corrected chi connectivity index (χ3v) is 4.01. The zero-order chi connectivity index (χ0) is 19.8. The fourth-order valence-electron chi connectivity index (χ4n) is 2.58. The second kappa shape index (κ2) is 9.51. The van der Waals surface area contributed by atoms with Crippen LogP contribution in [0.25, 0.3) is 0 Å². The fourth-order valence-corrected chi connectivity index (χ4v) is 2.58. The summed E-state index contributed by atoms with van der Waals surface area (Å²) >= 11 is 0. The van der Waals surface area contributed by atoms with Gasteiger partial charge in [-0.3, -0.25) is 19.2 Å². The van der Waals surface area contributed by atoms with Gasteiger partial charge in [0.15, 0.2) is 6.10 Å². The number of hydrogen-bond acceptors (Lipinski definition) is 5. The standard InChI is InChI=1S/C19H23N3O5/c1-3-10-20-18(25)13(2)27-17(24)12-21-19(26)14-6-8-15(9-7-14)22-11-4-5-16(22)23/h3,6-9,13H,1,4-5,10-12H2,2H3,(H,20,25)(H,21,26)/t13-/m0/s1. The van der Waals surface area contributed by atoms with Crippen LogP contribution >= 0.6 is 0 Å². The maximum absolute atomic E-state index is 12.1. The van der Waals surface area contributed by atoms with E-state index in [1.165, 1.54) is 13.0 Å². The first-order valence-electron chi connectivity index (χ1n) is 8.69. The Hall–Kier alpha value is -3.16. The van der Waals surface area contributed by atoms with Crippen LogP contribution in [0, 0.1) is 0 Å². The summed E-state index contributed by atoms with van der Waals surface area (Å²) in [4.78, 5) is 48.9. The summed E-state index contributed by atoms with van der Waals surface area (Å²) in [5, 5.41) is 4.95. The molecule has 0 aliphatic carbocycles. The second-order valence-corrected chi connectivity index (χ2v) is 6.04. The van der Waals surface area contributed by atoms with E-state index in [4.69, 9.17) is 4.74 Å². The predicted molar refractivity (Wildman–Crippen MR) is 99.1 cm³/mol. The van der Waals surface area contributed by atoms with Crippen LogP contribution in [0.1, 0.15) is 30.1 Å². The smallest absolute Gasteiger partial charge is 0.326 e. The van der Waals surface area contributed by atoms with Crippen molar-refractivity contribution in [2.75, 3.05) is 24.5 Å². The van der Waals surface area contributed by atoms with Crippen LogP contribution < -0.4 is 15.5 Å². The Morgan fingerprint density at radius 2 is 1.96 bits per heavy atom. The Bertz CT molecular complexity index is 729. The van der Waals surface area contributed by atoms with Crippen molar-refractivity contribution in [2.24, 2.45) is 0 Å². The van der Waals surface area contributed by atoms with Gasteiger partial charge in [0.1, 0.15) is 6.54 Å². The van der Waals surface area contributed by atoms with Gasteiger partial charge in [-0.2, -0.15) is 0 Å². The van der Waals surface area contributed by atoms with Gasteiger partial charge in [-0.25, -0.2) is 0 Å². The van der Waals surface area contributed by atoms with Gasteiger partial charge in [-0.15, -0.1) is 6.58 Å². The van der Waals surface area contributed by atoms with Crippen molar-refractivity contribution < 1.29 is 23.9 Å². The minimum Gasteiger partial charge on any atom is -0.451 e. The van der Waals surface area contributed by atoms with Crippen LogP contribution in [-0.4, -0.2) is 49.4 Å². The van der Waals surface area contributed by atoms with E-state index >= 15 is 0 Å². The molecule has 2 N–H and O–H groups in total. The molecular weight excluding hydrogens is 350 g/mol. The molecule has 0 saturated carbocycles. The lowest BCUT2D eigenvalue weighted by atomic mass is 10.2. The maximum atomic E-state index is 12.1. The van der Waals surface area contributed by atoms with E-state index in [-0.39, 0.29) is 19.0 Å². The molecule has 0 aromatic heterocycles. The third-order valence-electron chi connectivity index (χ3n) is 4.01. The highest BCUT2D eigenvalue weighted by atomic mass is 16.5. The van der Waals surface area contributed by atoms with Crippen LogP contribution in [-0.2, 0) is 19.1 Å². The first-order valence-corrected chi connectivity index (χ1v) is 8.69. The summed E-state index contributed by atoms with van der Waals surface area (Å²) in [7, 11) is 0. The molecule has 1 aromatic rings. The number of rotatable bonds is 8. The lowest BCUT2D eigenvalue weighted by Crippen LogP contribution is -2.38. The Labute approximate surface area is 157 Å². The van der Waals surface area contributed by atoms with Gasteiger partial charge in [-0.05, 0) is 37.6 Å². The number of carbonyl (C=O) groups is 4.